The standard InChI is InChI=1S/C30H37N5O5/c1-23(25-8-10-26(11-9-25)29(36)33-28-7-3-2-6-27(28)31)35(30(37)40-22-24-5-4-12-32-21-24)16-20-39-19-15-34-13-17-38-18-14-34/h2-12,21,23H,13-20,22,31H2,1H3,(H,33,36)/t23-/m0/s1. The van der Waals surface area contributed by atoms with Crippen molar-refractivity contribution in [3.05, 3.63) is 89.7 Å². The molecule has 0 radical (unpaired) electrons. The molecule has 3 aromatic rings. The van der Waals surface area contributed by atoms with Crippen LogP contribution in [0.4, 0.5) is 16.2 Å². The fourth-order valence-electron chi connectivity index (χ4n) is 4.34. The van der Waals surface area contributed by atoms with Crippen molar-refractivity contribution >= 4 is 23.4 Å². The normalized spacial score (nSPS) is 14.3. The van der Waals surface area contributed by atoms with Gasteiger partial charge < -0.3 is 25.3 Å². The SMILES string of the molecule is C[C@@H](c1ccc(C(=O)Nc2ccccc2N)cc1)N(CCOCCN1CCOCC1)C(=O)OCc1cccnc1. The van der Waals surface area contributed by atoms with Crippen LogP contribution < -0.4 is 11.1 Å². The van der Waals surface area contributed by atoms with Gasteiger partial charge in [0.05, 0.1) is 43.8 Å². The van der Waals surface area contributed by atoms with E-state index in [4.69, 9.17) is 19.9 Å². The van der Waals surface area contributed by atoms with Crippen molar-refractivity contribution in [3.8, 4) is 0 Å². The smallest absolute Gasteiger partial charge is 0.410 e. The van der Waals surface area contributed by atoms with Crippen molar-refractivity contribution in [3.63, 3.8) is 0 Å². The highest BCUT2D eigenvalue weighted by Crippen LogP contribution is 2.23. The molecule has 2 amide bonds. The van der Waals surface area contributed by atoms with E-state index in [0.29, 0.717) is 36.7 Å². The van der Waals surface area contributed by atoms with Crippen LogP contribution in [0.25, 0.3) is 0 Å². The Morgan fingerprint density at radius 2 is 1.85 bits per heavy atom. The molecule has 40 heavy (non-hydrogen) atoms. The quantitative estimate of drug-likeness (QED) is 0.258. The number of amides is 2. The van der Waals surface area contributed by atoms with Gasteiger partial charge in [-0.25, -0.2) is 4.79 Å². The first kappa shape index (κ1) is 29.0. The molecule has 1 aliphatic rings. The van der Waals surface area contributed by atoms with E-state index in [2.05, 4.69) is 15.2 Å². The Morgan fingerprint density at radius 1 is 1.07 bits per heavy atom. The van der Waals surface area contributed by atoms with Gasteiger partial charge in [-0.1, -0.05) is 30.3 Å². The number of nitrogens with zero attached hydrogens (tertiary/aromatic N) is 3. The molecule has 1 aliphatic heterocycles. The van der Waals surface area contributed by atoms with E-state index in [0.717, 1.165) is 44.0 Å². The minimum Gasteiger partial charge on any atom is -0.444 e. The predicted molar refractivity (Wildman–Crippen MR) is 153 cm³/mol. The van der Waals surface area contributed by atoms with Crippen LogP contribution in [-0.4, -0.2) is 79.4 Å². The van der Waals surface area contributed by atoms with Gasteiger partial charge in [0.15, 0.2) is 0 Å². The van der Waals surface area contributed by atoms with Crippen molar-refractivity contribution in [2.75, 3.05) is 63.7 Å². The van der Waals surface area contributed by atoms with E-state index in [1.807, 2.05) is 37.3 Å². The van der Waals surface area contributed by atoms with Crippen LogP contribution in [-0.2, 0) is 20.8 Å². The lowest BCUT2D eigenvalue weighted by Gasteiger charge is -2.29. The van der Waals surface area contributed by atoms with E-state index in [1.165, 1.54) is 0 Å². The maximum absolute atomic E-state index is 13.2. The molecule has 3 N–H and O–H groups in total. The molecular formula is C30H37N5O5. The molecule has 0 saturated carbocycles. The lowest BCUT2D eigenvalue weighted by molar-refractivity contribution is 0.0152. The molecule has 1 fully saturated rings. The van der Waals surface area contributed by atoms with Crippen molar-refractivity contribution < 1.29 is 23.8 Å². The number of ether oxygens (including phenoxy) is 3. The third-order valence-electron chi connectivity index (χ3n) is 6.78. The number of morpholine rings is 1. The Kier molecular flexibility index (Phi) is 10.9. The van der Waals surface area contributed by atoms with E-state index < -0.39 is 6.09 Å². The number of nitrogens with one attached hydrogen (secondary N) is 1. The average Bonchev–Trinajstić information content (AvgIpc) is 2.99. The summed E-state index contributed by atoms with van der Waals surface area (Å²) in [5.41, 5.74) is 9.15. The fourth-order valence-corrected chi connectivity index (χ4v) is 4.34. The summed E-state index contributed by atoms with van der Waals surface area (Å²) in [6.07, 6.45) is 2.89. The van der Waals surface area contributed by atoms with E-state index in [1.54, 1.807) is 47.6 Å². The van der Waals surface area contributed by atoms with Gasteiger partial charge in [-0.15, -0.1) is 0 Å². The van der Waals surface area contributed by atoms with E-state index in [-0.39, 0.29) is 18.6 Å². The predicted octanol–water partition coefficient (Wildman–Crippen LogP) is 3.96. The van der Waals surface area contributed by atoms with Gasteiger partial charge in [0.2, 0.25) is 0 Å². The molecule has 0 aliphatic carbocycles. The maximum atomic E-state index is 13.2. The van der Waals surface area contributed by atoms with Crippen LogP contribution in [0.3, 0.4) is 0 Å². The molecule has 1 atom stereocenters. The summed E-state index contributed by atoms with van der Waals surface area (Å²) < 4.78 is 16.9. The van der Waals surface area contributed by atoms with E-state index in [9.17, 15) is 9.59 Å². The van der Waals surface area contributed by atoms with Gasteiger partial charge in [0, 0.05) is 49.7 Å². The first-order valence-corrected chi connectivity index (χ1v) is 13.5. The van der Waals surface area contributed by atoms with Crippen LogP contribution in [0.15, 0.2) is 73.1 Å². The zero-order valence-corrected chi connectivity index (χ0v) is 22.8. The van der Waals surface area contributed by atoms with Crippen LogP contribution in [0.5, 0.6) is 0 Å². The summed E-state index contributed by atoms with van der Waals surface area (Å²) in [5.74, 6) is -0.265. The van der Waals surface area contributed by atoms with Gasteiger partial charge >= 0.3 is 6.09 Å². The molecule has 1 aromatic heterocycles. The Morgan fingerprint density at radius 3 is 2.58 bits per heavy atom. The first-order valence-electron chi connectivity index (χ1n) is 13.5. The highest BCUT2D eigenvalue weighted by molar-refractivity contribution is 6.05. The molecule has 2 heterocycles. The molecule has 10 heteroatoms. The summed E-state index contributed by atoms with van der Waals surface area (Å²) in [6.45, 7) is 7.46. The number of nitrogens with two attached hydrogens (primary N) is 1. The zero-order valence-electron chi connectivity index (χ0n) is 22.8. The largest absolute Gasteiger partial charge is 0.444 e. The molecule has 0 bridgehead atoms. The second-order valence-electron chi connectivity index (χ2n) is 9.51. The second-order valence-corrected chi connectivity index (χ2v) is 9.51. The third kappa shape index (κ3) is 8.51. The Bertz CT molecular complexity index is 1220. The lowest BCUT2D eigenvalue weighted by Crippen LogP contribution is -2.39. The molecule has 4 rings (SSSR count). The highest BCUT2D eigenvalue weighted by atomic mass is 16.6. The number of rotatable bonds is 12. The van der Waals surface area contributed by atoms with E-state index >= 15 is 0 Å². The topological polar surface area (TPSA) is 119 Å². The van der Waals surface area contributed by atoms with Gasteiger partial charge in [-0.05, 0) is 42.8 Å². The molecule has 2 aromatic carbocycles. The summed E-state index contributed by atoms with van der Waals surface area (Å²) in [6, 6.07) is 17.6. The van der Waals surface area contributed by atoms with Crippen LogP contribution in [0.1, 0.15) is 34.5 Å². The fraction of sp³-hybridized carbons (Fsp3) is 0.367. The van der Waals surface area contributed by atoms with Gasteiger partial charge in [0.1, 0.15) is 6.61 Å². The number of pyridine rings is 1. The number of hydrogen-bond donors (Lipinski definition) is 2. The first-order chi connectivity index (χ1) is 19.5. The van der Waals surface area contributed by atoms with Gasteiger partial charge in [-0.2, -0.15) is 0 Å². The van der Waals surface area contributed by atoms with Crippen molar-refractivity contribution in [1.29, 1.82) is 0 Å². The number of hydrogen-bond acceptors (Lipinski definition) is 8. The summed E-state index contributed by atoms with van der Waals surface area (Å²) >= 11 is 0. The van der Waals surface area contributed by atoms with Gasteiger partial charge in [0.25, 0.3) is 5.91 Å². The monoisotopic (exact) mass is 547 g/mol. The number of benzene rings is 2. The number of nitrogen functional groups attached to an aromatic ring is 1. The lowest BCUT2D eigenvalue weighted by atomic mass is 10.0. The molecule has 0 spiro atoms. The molecule has 10 nitrogen and oxygen atoms in total. The number of aromatic nitrogens is 1. The molecule has 1 saturated heterocycles. The molecular weight excluding hydrogens is 510 g/mol. The Balaban J connectivity index is 1.37. The highest BCUT2D eigenvalue weighted by Gasteiger charge is 2.23. The van der Waals surface area contributed by atoms with Gasteiger partial charge in [-0.3, -0.25) is 19.6 Å². The average molecular weight is 548 g/mol. The minimum absolute atomic E-state index is 0.121. The number of para-hydroxylation sites is 2. The van der Waals surface area contributed by atoms with Crippen molar-refractivity contribution in [2.24, 2.45) is 0 Å². The minimum atomic E-state index is -0.450. The number of carbonyl (C=O) groups excluding carboxylic acids is 2. The number of carbonyl (C=O) groups is 2. The number of anilines is 2. The molecule has 212 valence electrons. The van der Waals surface area contributed by atoms with Crippen molar-refractivity contribution in [2.45, 2.75) is 19.6 Å². The summed E-state index contributed by atoms with van der Waals surface area (Å²) in [5, 5.41) is 2.83. The van der Waals surface area contributed by atoms with Crippen LogP contribution >= 0.6 is 0 Å². The summed E-state index contributed by atoms with van der Waals surface area (Å²) in [4.78, 5) is 33.9. The zero-order chi connectivity index (χ0) is 28.2. The Labute approximate surface area is 235 Å². The summed E-state index contributed by atoms with van der Waals surface area (Å²) in [7, 11) is 0. The van der Waals surface area contributed by atoms with Crippen molar-refractivity contribution in [1.82, 2.24) is 14.8 Å². The Hall–Kier alpha value is -3.99. The third-order valence-corrected chi connectivity index (χ3v) is 6.78. The van der Waals surface area contributed by atoms with Crippen LogP contribution in [0.2, 0.25) is 0 Å². The second kappa shape index (κ2) is 15.0. The van der Waals surface area contributed by atoms with Crippen LogP contribution in [0, 0.1) is 0 Å². The maximum Gasteiger partial charge on any atom is 0.410 e. The molecule has 0 unspecified atom stereocenters.